The van der Waals surface area contributed by atoms with Crippen molar-refractivity contribution in [1.29, 1.82) is 0 Å². The van der Waals surface area contributed by atoms with Gasteiger partial charge in [0.05, 0.1) is 6.61 Å². The molecule has 23 heavy (non-hydrogen) atoms. The number of nitrogens with zero attached hydrogens (tertiary/aromatic N) is 2. The van der Waals surface area contributed by atoms with Crippen molar-refractivity contribution in [2.75, 3.05) is 24.7 Å². The van der Waals surface area contributed by atoms with E-state index in [4.69, 9.17) is 19.9 Å². The number of hydrogen-bond acceptors (Lipinski definition) is 8. The number of unbranched alkanes of at least 4 members (excludes halogenated alkanes) is 2. The summed E-state index contributed by atoms with van der Waals surface area (Å²) in [6.07, 6.45) is 3.30. The van der Waals surface area contributed by atoms with Crippen molar-refractivity contribution >= 4 is 23.7 Å². The highest BCUT2D eigenvalue weighted by Crippen LogP contribution is 2.31. The highest BCUT2D eigenvalue weighted by molar-refractivity contribution is 8.00. The molecule has 0 saturated carbocycles. The van der Waals surface area contributed by atoms with Crippen LogP contribution in [0.4, 0.5) is 10.6 Å². The predicted molar refractivity (Wildman–Crippen MR) is 86.1 cm³/mol. The molecule has 0 aliphatic carbocycles. The second-order valence-corrected chi connectivity index (χ2v) is 6.20. The third-order valence-electron chi connectivity index (χ3n) is 3.20. The number of ether oxygens (including phenoxy) is 3. The fourth-order valence-electron chi connectivity index (χ4n) is 2.01. The van der Waals surface area contributed by atoms with Gasteiger partial charge in [-0.1, -0.05) is 19.8 Å². The normalized spacial score (nSPS) is 20.4. The van der Waals surface area contributed by atoms with Gasteiger partial charge in [0.25, 0.3) is 0 Å². The van der Waals surface area contributed by atoms with Crippen LogP contribution in [-0.4, -0.2) is 40.1 Å². The maximum absolute atomic E-state index is 11.7. The summed E-state index contributed by atoms with van der Waals surface area (Å²) in [6, 6.07) is 1.53. The number of hydrogen-bond donors (Lipinski definition) is 1. The Bertz CT molecular complexity index is 580. The van der Waals surface area contributed by atoms with E-state index in [9.17, 15) is 9.59 Å². The molecule has 128 valence electrons. The summed E-state index contributed by atoms with van der Waals surface area (Å²) in [7, 11) is 0. The first-order valence-electron chi connectivity index (χ1n) is 7.51. The molecule has 0 bridgehead atoms. The van der Waals surface area contributed by atoms with Gasteiger partial charge in [0.1, 0.15) is 24.1 Å². The molecule has 2 N–H and O–H groups in total. The van der Waals surface area contributed by atoms with Crippen LogP contribution in [0.15, 0.2) is 17.1 Å². The summed E-state index contributed by atoms with van der Waals surface area (Å²) in [5, 5.41) is 0. The van der Waals surface area contributed by atoms with Gasteiger partial charge in [0.15, 0.2) is 0 Å². The Morgan fingerprint density at radius 3 is 3.09 bits per heavy atom. The minimum absolute atomic E-state index is 0.0743. The highest BCUT2D eigenvalue weighted by Gasteiger charge is 2.29. The van der Waals surface area contributed by atoms with Gasteiger partial charge in [0, 0.05) is 11.9 Å². The van der Waals surface area contributed by atoms with Crippen LogP contribution in [0, 0.1) is 0 Å². The van der Waals surface area contributed by atoms with Crippen molar-refractivity contribution in [2.45, 2.75) is 37.9 Å². The topological polar surface area (TPSA) is 106 Å². The van der Waals surface area contributed by atoms with Crippen LogP contribution in [0.2, 0.25) is 0 Å². The molecule has 2 rings (SSSR count). The van der Waals surface area contributed by atoms with Gasteiger partial charge >= 0.3 is 11.8 Å². The summed E-state index contributed by atoms with van der Waals surface area (Å²) >= 11 is 1.46. The maximum atomic E-state index is 11.7. The number of rotatable bonds is 7. The van der Waals surface area contributed by atoms with Gasteiger partial charge < -0.3 is 19.9 Å². The number of thioether (sulfide) groups is 1. The maximum Gasteiger partial charge on any atom is 0.508 e. The average Bonchev–Trinajstić information content (AvgIpc) is 2.98. The SMILES string of the molecule is CCCCCOC(=O)OC[C@@H]1O[C@H](n2ccc(N)nc2=O)CS1. The summed E-state index contributed by atoms with van der Waals surface area (Å²) in [6.45, 7) is 2.51. The largest absolute Gasteiger partial charge is 0.508 e. The van der Waals surface area contributed by atoms with Crippen molar-refractivity contribution in [2.24, 2.45) is 0 Å². The first kappa shape index (κ1) is 17.6. The monoisotopic (exact) mass is 343 g/mol. The summed E-state index contributed by atoms with van der Waals surface area (Å²) < 4.78 is 17.0. The number of anilines is 1. The van der Waals surface area contributed by atoms with Crippen LogP contribution < -0.4 is 11.4 Å². The molecule has 1 fully saturated rings. The van der Waals surface area contributed by atoms with Crippen LogP contribution in [0.1, 0.15) is 32.4 Å². The summed E-state index contributed by atoms with van der Waals surface area (Å²) in [5.41, 5.74) is 4.65. The Morgan fingerprint density at radius 1 is 1.52 bits per heavy atom. The Morgan fingerprint density at radius 2 is 2.35 bits per heavy atom. The molecule has 2 heterocycles. The van der Waals surface area contributed by atoms with Crippen molar-refractivity contribution in [3.8, 4) is 0 Å². The number of aromatic nitrogens is 2. The summed E-state index contributed by atoms with van der Waals surface area (Å²) in [5.74, 6) is 0.730. The smallest absolute Gasteiger partial charge is 0.434 e. The van der Waals surface area contributed by atoms with E-state index in [2.05, 4.69) is 11.9 Å². The predicted octanol–water partition coefficient (Wildman–Crippen LogP) is 1.76. The number of carbonyl (C=O) groups is 1. The molecule has 1 aromatic rings. The molecule has 0 radical (unpaired) electrons. The van der Waals surface area contributed by atoms with E-state index in [-0.39, 0.29) is 17.9 Å². The zero-order chi connectivity index (χ0) is 16.7. The van der Waals surface area contributed by atoms with Crippen molar-refractivity contribution in [3.05, 3.63) is 22.7 Å². The fraction of sp³-hybridized carbons (Fsp3) is 0.643. The number of nitrogens with two attached hydrogens (primary N) is 1. The molecule has 0 unspecified atom stereocenters. The number of nitrogen functional groups attached to an aromatic ring is 1. The zero-order valence-electron chi connectivity index (χ0n) is 13.0. The molecule has 0 amide bonds. The zero-order valence-corrected chi connectivity index (χ0v) is 13.8. The van der Waals surface area contributed by atoms with E-state index in [0.717, 1.165) is 19.3 Å². The second-order valence-electron chi connectivity index (χ2n) is 5.01. The van der Waals surface area contributed by atoms with E-state index >= 15 is 0 Å². The molecule has 8 nitrogen and oxygen atoms in total. The Balaban J connectivity index is 1.73. The van der Waals surface area contributed by atoms with Crippen molar-refractivity contribution < 1.29 is 19.0 Å². The molecule has 1 saturated heterocycles. The molecule has 2 atom stereocenters. The van der Waals surface area contributed by atoms with Crippen LogP contribution in [0.25, 0.3) is 0 Å². The van der Waals surface area contributed by atoms with Crippen molar-refractivity contribution in [3.63, 3.8) is 0 Å². The van der Waals surface area contributed by atoms with E-state index in [1.54, 1.807) is 6.20 Å². The third-order valence-corrected chi connectivity index (χ3v) is 4.30. The van der Waals surface area contributed by atoms with Crippen molar-refractivity contribution in [1.82, 2.24) is 9.55 Å². The molecule has 0 aromatic carbocycles. The van der Waals surface area contributed by atoms with Crippen LogP contribution in [0.3, 0.4) is 0 Å². The lowest BCUT2D eigenvalue weighted by Gasteiger charge is -2.14. The Labute approximate surface area is 138 Å². The molecule has 1 aliphatic rings. The Kier molecular flexibility index (Phi) is 6.72. The number of carbonyl (C=O) groups excluding carboxylic acids is 1. The molecular formula is C14H21N3O5S. The Hall–Kier alpha value is -1.74. The first-order valence-corrected chi connectivity index (χ1v) is 8.56. The standard InChI is InChI=1S/C14H21N3O5S/c1-2-3-4-7-20-14(19)21-8-12-22-11(9-23-12)17-6-5-10(15)16-13(17)18/h5-6,11-12H,2-4,7-9H2,1H3,(H2,15,16,18)/t11-,12+/m0/s1. The lowest BCUT2D eigenvalue weighted by molar-refractivity contribution is -0.0239. The van der Waals surface area contributed by atoms with E-state index in [1.807, 2.05) is 0 Å². The minimum atomic E-state index is -0.694. The van der Waals surface area contributed by atoms with Gasteiger partial charge in [-0.15, -0.1) is 11.8 Å². The molecular weight excluding hydrogens is 322 g/mol. The van der Waals surface area contributed by atoms with Gasteiger partial charge in [-0.2, -0.15) is 4.98 Å². The summed E-state index contributed by atoms with van der Waals surface area (Å²) in [4.78, 5) is 26.8. The van der Waals surface area contributed by atoms with Crippen LogP contribution in [-0.2, 0) is 14.2 Å². The van der Waals surface area contributed by atoms with Gasteiger partial charge in [0.2, 0.25) is 0 Å². The van der Waals surface area contributed by atoms with E-state index < -0.39 is 18.1 Å². The fourth-order valence-corrected chi connectivity index (χ4v) is 3.00. The quantitative estimate of drug-likeness (QED) is 0.590. The van der Waals surface area contributed by atoms with Gasteiger partial charge in [-0.3, -0.25) is 4.57 Å². The van der Waals surface area contributed by atoms with E-state index in [0.29, 0.717) is 12.4 Å². The molecule has 9 heteroatoms. The van der Waals surface area contributed by atoms with Gasteiger partial charge in [-0.25, -0.2) is 9.59 Å². The van der Waals surface area contributed by atoms with Crippen LogP contribution >= 0.6 is 11.8 Å². The second kappa shape index (κ2) is 8.78. The van der Waals surface area contributed by atoms with Crippen LogP contribution in [0.5, 0.6) is 0 Å². The van der Waals surface area contributed by atoms with E-state index in [1.165, 1.54) is 22.4 Å². The average molecular weight is 343 g/mol. The lowest BCUT2D eigenvalue weighted by Crippen LogP contribution is -2.29. The highest BCUT2D eigenvalue weighted by atomic mass is 32.2. The van der Waals surface area contributed by atoms with Gasteiger partial charge in [-0.05, 0) is 12.5 Å². The molecule has 0 spiro atoms. The minimum Gasteiger partial charge on any atom is -0.434 e. The molecule has 1 aromatic heterocycles. The lowest BCUT2D eigenvalue weighted by atomic mass is 10.3. The first-order chi connectivity index (χ1) is 11.1. The molecule has 1 aliphatic heterocycles. The third kappa shape index (κ3) is 5.43.